The van der Waals surface area contributed by atoms with Crippen LogP contribution in [0.5, 0.6) is 0 Å². The third kappa shape index (κ3) is 1.80. The van der Waals surface area contributed by atoms with Gasteiger partial charge in [-0.15, -0.1) is 0 Å². The summed E-state index contributed by atoms with van der Waals surface area (Å²) in [6.45, 7) is 2.15. The number of nitrogens with one attached hydrogen (secondary N) is 1. The molecule has 1 fully saturated rings. The molecule has 0 unspecified atom stereocenters. The Hall–Kier alpha value is -1.29. The maximum Gasteiger partial charge on any atom is 0.125 e. The minimum Gasteiger partial charge on any atom is -0.384 e. The molecule has 0 spiro atoms. The standard InChI is InChI=1S/C10H16N4/c1-12-8-3-5-14(7-8)9-2-4-13-10(11)6-9/h2,4,6,8,12H,3,5,7H2,1H3,(H2,11,13)/t8-/m1/s1. The zero-order valence-corrected chi connectivity index (χ0v) is 8.40. The number of nitrogens with two attached hydrogens (primary N) is 1. The van der Waals surface area contributed by atoms with E-state index < -0.39 is 0 Å². The van der Waals surface area contributed by atoms with Crippen LogP contribution in [-0.4, -0.2) is 31.2 Å². The highest BCUT2D eigenvalue weighted by molar-refractivity contribution is 5.52. The first-order valence-corrected chi connectivity index (χ1v) is 4.93. The monoisotopic (exact) mass is 192 g/mol. The first-order chi connectivity index (χ1) is 6.79. The van der Waals surface area contributed by atoms with Gasteiger partial charge in [-0.05, 0) is 19.5 Å². The van der Waals surface area contributed by atoms with Crippen molar-refractivity contribution in [1.82, 2.24) is 10.3 Å². The average Bonchev–Trinajstić information content (AvgIpc) is 2.66. The van der Waals surface area contributed by atoms with Crippen molar-refractivity contribution in [2.24, 2.45) is 0 Å². The minimum atomic E-state index is 0.593. The van der Waals surface area contributed by atoms with Gasteiger partial charge in [-0.3, -0.25) is 0 Å². The Morgan fingerprint density at radius 1 is 1.64 bits per heavy atom. The number of rotatable bonds is 2. The van der Waals surface area contributed by atoms with Crippen LogP contribution in [0.2, 0.25) is 0 Å². The molecule has 1 saturated heterocycles. The van der Waals surface area contributed by atoms with Crippen molar-refractivity contribution < 1.29 is 0 Å². The molecule has 76 valence electrons. The Bertz CT molecular complexity index is 313. The second kappa shape index (κ2) is 3.84. The second-order valence-corrected chi connectivity index (χ2v) is 3.66. The van der Waals surface area contributed by atoms with Crippen molar-refractivity contribution in [1.29, 1.82) is 0 Å². The molecule has 4 nitrogen and oxygen atoms in total. The summed E-state index contributed by atoms with van der Waals surface area (Å²) in [6, 6.07) is 4.54. The van der Waals surface area contributed by atoms with Gasteiger partial charge in [-0.2, -0.15) is 0 Å². The summed E-state index contributed by atoms with van der Waals surface area (Å²) in [7, 11) is 2.01. The molecule has 1 atom stereocenters. The van der Waals surface area contributed by atoms with Crippen molar-refractivity contribution in [3.05, 3.63) is 18.3 Å². The molecule has 3 N–H and O–H groups in total. The quantitative estimate of drug-likeness (QED) is 0.715. The molecular weight excluding hydrogens is 176 g/mol. The Balaban J connectivity index is 2.09. The largest absolute Gasteiger partial charge is 0.384 e. The molecule has 1 aliphatic rings. The summed E-state index contributed by atoms with van der Waals surface area (Å²) in [5.41, 5.74) is 6.82. The molecule has 4 heteroatoms. The summed E-state index contributed by atoms with van der Waals surface area (Å²) in [4.78, 5) is 6.32. The highest BCUT2D eigenvalue weighted by atomic mass is 15.2. The SMILES string of the molecule is CN[C@@H]1CCN(c2ccnc(N)c2)C1. The van der Waals surface area contributed by atoms with Crippen LogP contribution < -0.4 is 16.0 Å². The summed E-state index contributed by atoms with van der Waals surface area (Å²) >= 11 is 0. The van der Waals surface area contributed by atoms with Crippen LogP contribution in [0.1, 0.15) is 6.42 Å². The van der Waals surface area contributed by atoms with E-state index in [-0.39, 0.29) is 0 Å². The fourth-order valence-electron chi connectivity index (χ4n) is 1.86. The van der Waals surface area contributed by atoms with E-state index in [1.165, 1.54) is 12.1 Å². The Morgan fingerprint density at radius 2 is 2.50 bits per heavy atom. The number of likely N-dealkylation sites (N-methyl/N-ethyl adjacent to an activating group) is 1. The summed E-state index contributed by atoms with van der Waals surface area (Å²) in [6.07, 6.45) is 2.95. The third-order valence-corrected chi connectivity index (χ3v) is 2.73. The van der Waals surface area contributed by atoms with E-state index in [9.17, 15) is 0 Å². The number of nitrogen functional groups attached to an aromatic ring is 1. The van der Waals surface area contributed by atoms with Gasteiger partial charge in [0.2, 0.25) is 0 Å². The zero-order chi connectivity index (χ0) is 9.97. The zero-order valence-electron chi connectivity index (χ0n) is 8.40. The van der Waals surface area contributed by atoms with Crippen molar-refractivity contribution in [2.75, 3.05) is 30.8 Å². The topological polar surface area (TPSA) is 54.2 Å². The van der Waals surface area contributed by atoms with Crippen LogP contribution in [0, 0.1) is 0 Å². The molecule has 0 bridgehead atoms. The van der Waals surface area contributed by atoms with Crippen LogP contribution in [0.4, 0.5) is 11.5 Å². The molecule has 0 aromatic carbocycles. The molecule has 1 aromatic heterocycles. The molecule has 1 aliphatic heterocycles. The van der Waals surface area contributed by atoms with E-state index in [1.807, 2.05) is 19.2 Å². The van der Waals surface area contributed by atoms with E-state index in [0.717, 1.165) is 13.1 Å². The number of hydrogen-bond donors (Lipinski definition) is 2. The van der Waals surface area contributed by atoms with E-state index in [1.54, 1.807) is 6.20 Å². The van der Waals surface area contributed by atoms with Crippen molar-refractivity contribution >= 4 is 11.5 Å². The number of aromatic nitrogens is 1. The lowest BCUT2D eigenvalue weighted by molar-refractivity contribution is 0.617. The highest BCUT2D eigenvalue weighted by Crippen LogP contribution is 2.20. The molecular formula is C10H16N4. The second-order valence-electron chi connectivity index (χ2n) is 3.66. The molecule has 0 amide bonds. The fourth-order valence-corrected chi connectivity index (χ4v) is 1.86. The lowest BCUT2D eigenvalue weighted by Gasteiger charge is -2.18. The number of pyridine rings is 1. The Labute approximate surface area is 84.1 Å². The normalized spacial score (nSPS) is 21.5. The fraction of sp³-hybridized carbons (Fsp3) is 0.500. The predicted octanol–water partition coefficient (Wildman–Crippen LogP) is 0.462. The van der Waals surface area contributed by atoms with Gasteiger partial charge in [0.15, 0.2) is 0 Å². The summed E-state index contributed by atoms with van der Waals surface area (Å²) in [5, 5.41) is 3.29. The Morgan fingerprint density at radius 3 is 3.14 bits per heavy atom. The van der Waals surface area contributed by atoms with Crippen LogP contribution in [-0.2, 0) is 0 Å². The maximum absolute atomic E-state index is 5.64. The molecule has 0 radical (unpaired) electrons. The number of anilines is 2. The van der Waals surface area contributed by atoms with Crippen molar-refractivity contribution in [3.8, 4) is 0 Å². The first-order valence-electron chi connectivity index (χ1n) is 4.93. The van der Waals surface area contributed by atoms with Gasteiger partial charge in [0.1, 0.15) is 5.82 Å². The van der Waals surface area contributed by atoms with E-state index in [2.05, 4.69) is 15.2 Å². The molecule has 0 aliphatic carbocycles. The predicted molar refractivity (Wildman–Crippen MR) is 58.3 cm³/mol. The maximum atomic E-state index is 5.64. The van der Waals surface area contributed by atoms with E-state index in [4.69, 9.17) is 5.73 Å². The number of hydrogen-bond acceptors (Lipinski definition) is 4. The van der Waals surface area contributed by atoms with Crippen LogP contribution in [0.3, 0.4) is 0 Å². The molecule has 14 heavy (non-hydrogen) atoms. The lowest BCUT2D eigenvalue weighted by Crippen LogP contribution is -2.29. The van der Waals surface area contributed by atoms with Crippen LogP contribution in [0.25, 0.3) is 0 Å². The van der Waals surface area contributed by atoms with E-state index in [0.29, 0.717) is 11.9 Å². The number of nitrogens with zero attached hydrogens (tertiary/aromatic N) is 2. The third-order valence-electron chi connectivity index (χ3n) is 2.73. The molecule has 2 heterocycles. The van der Waals surface area contributed by atoms with Gasteiger partial charge in [0.25, 0.3) is 0 Å². The summed E-state index contributed by atoms with van der Waals surface area (Å²) < 4.78 is 0. The van der Waals surface area contributed by atoms with Gasteiger partial charge < -0.3 is 16.0 Å². The van der Waals surface area contributed by atoms with Gasteiger partial charge in [0, 0.05) is 37.1 Å². The van der Waals surface area contributed by atoms with Crippen molar-refractivity contribution in [2.45, 2.75) is 12.5 Å². The molecule has 1 aromatic rings. The summed E-state index contributed by atoms with van der Waals surface area (Å²) in [5.74, 6) is 0.593. The van der Waals surface area contributed by atoms with E-state index >= 15 is 0 Å². The first kappa shape index (κ1) is 9.27. The van der Waals surface area contributed by atoms with Crippen LogP contribution >= 0.6 is 0 Å². The molecule has 0 saturated carbocycles. The molecule has 2 rings (SSSR count). The van der Waals surface area contributed by atoms with Gasteiger partial charge in [-0.1, -0.05) is 0 Å². The van der Waals surface area contributed by atoms with Gasteiger partial charge in [-0.25, -0.2) is 4.98 Å². The minimum absolute atomic E-state index is 0.593. The highest BCUT2D eigenvalue weighted by Gasteiger charge is 2.20. The van der Waals surface area contributed by atoms with Gasteiger partial charge >= 0.3 is 0 Å². The Kier molecular flexibility index (Phi) is 2.54. The van der Waals surface area contributed by atoms with Crippen molar-refractivity contribution in [3.63, 3.8) is 0 Å². The lowest BCUT2D eigenvalue weighted by atomic mass is 10.3. The van der Waals surface area contributed by atoms with Gasteiger partial charge in [0.05, 0.1) is 0 Å². The van der Waals surface area contributed by atoms with Crippen LogP contribution in [0.15, 0.2) is 18.3 Å². The smallest absolute Gasteiger partial charge is 0.125 e. The average molecular weight is 192 g/mol.